The largest absolute Gasteiger partial charge is 0.369 e. The number of halogens is 1. The number of primary amides is 2. The van der Waals surface area contributed by atoms with Crippen molar-refractivity contribution in [3.63, 3.8) is 0 Å². The van der Waals surface area contributed by atoms with E-state index < -0.39 is 17.2 Å². The molecular weight excluding hydrogens is 228 g/mol. The van der Waals surface area contributed by atoms with E-state index in [-0.39, 0.29) is 6.42 Å². The molecule has 0 saturated carbocycles. The van der Waals surface area contributed by atoms with E-state index in [1.165, 1.54) is 6.92 Å². The lowest BCUT2D eigenvalue weighted by atomic mass is 9.82. The first-order chi connectivity index (χ1) is 7.38. The fourth-order valence-corrected chi connectivity index (χ4v) is 1.52. The maximum Gasteiger partial charge on any atom is 0.233 e. The Balaban J connectivity index is 3.07. The highest BCUT2D eigenvalue weighted by Crippen LogP contribution is 2.26. The Labute approximate surface area is 98.6 Å². The molecule has 0 aliphatic carbocycles. The van der Waals surface area contributed by atoms with Crippen molar-refractivity contribution in [3.05, 3.63) is 34.9 Å². The molecule has 0 aromatic heterocycles. The predicted octanol–water partition coefficient (Wildman–Crippen LogP) is 0.859. The number of carbonyl (C=O) groups is 2. The second-order valence-corrected chi connectivity index (χ2v) is 4.24. The highest BCUT2D eigenvalue weighted by Gasteiger charge is 2.38. The van der Waals surface area contributed by atoms with Gasteiger partial charge in [-0.05, 0) is 25.0 Å². The molecule has 0 aliphatic rings. The van der Waals surface area contributed by atoms with Crippen LogP contribution in [0, 0.1) is 5.41 Å². The monoisotopic (exact) mass is 240 g/mol. The van der Waals surface area contributed by atoms with Gasteiger partial charge in [0.1, 0.15) is 5.41 Å². The maximum absolute atomic E-state index is 11.3. The molecule has 0 atom stereocenters. The summed E-state index contributed by atoms with van der Waals surface area (Å²) in [6.07, 6.45) is 0.108. The Morgan fingerprint density at radius 2 is 1.75 bits per heavy atom. The Hall–Kier alpha value is -1.55. The van der Waals surface area contributed by atoms with Crippen molar-refractivity contribution in [2.24, 2.45) is 16.9 Å². The smallest absolute Gasteiger partial charge is 0.233 e. The van der Waals surface area contributed by atoms with E-state index in [1.807, 2.05) is 0 Å². The SMILES string of the molecule is CC(Cc1ccccc1Cl)(C(N)=O)C(N)=O. The van der Waals surface area contributed by atoms with E-state index in [1.54, 1.807) is 24.3 Å². The van der Waals surface area contributed by atoms with Crippen LogP contribution in [0.3, 0.4) is 0 Å². The molecule has 0 fully saturated rings. The van der Waals surface area contributed by atoms with Gasteiger partial charge >= 0.3 is 0 Å². The van der Waals surface area contributed by atoms with Crippen LogP contribution in [-0.4, -0.2) is 11.8 Å². The third-order valence-electron chi connectivity index (χ3n) is 2.59. The Morgan fingerprint density at radius 1 is 1.25 bits per heavy atom. The number of rotatable bonds is 4. The molecule has 5 heteroatoms. The summed E-state index contributed by atoms with van der Waals surface area (Å²) in [5.74, 6) is -1.50. The number of hydrogen-bond donors (Lipinski definition) is 2. The Kier molecular flexibility index (Phi) is 3.55. The van der Waals surface area contributed by atoms with Gasteiger partial charge in [0.15, 0.2) is 0 Å². The molecular formula is C11H13ClN2O2. The molecule has 0 radical (unpaired) electrons. The lowest BCUT2D eigenvalue weighted by Crippen LogP contribution is -2.47. The number of benzene rings is 1. The van der Waals surface area contributed by atoms with Gasteiger partial charge in [0.2, 0.25) is 11.8 Å². The molecule has 1 aromatic carbocycles. The van der Waals surface area contributed by atoms with Crippen LogP contribution in [0.5, 0.6) is 0 Å². The minimum Gasteiger partial charge on any atom is -0.369 e. The first-order valence-corrected chi connectivity index (χ1v) is 5.09. The normalized spacial score (nSPS) is 11.1. The molecule has 4 nitrogen and oxygen atoms in total. The lowest BCUT2D eigenvalue weighted by Gasteiger charge is -2.22. The molecule has 4 N–H and O–H groups in total. The molecule has 0 aliphatic heterocycles. The third-order valence-corrected chi connectivity index (χ3v) is 2.96. The van der Waals surface area contributed by atoms with Crippen molar-refractivity contribution >= 4 is 23.4 Å². The highest BCUT2D eigenvalue weighted by atomic mass is 35.5. The van der Waals surface area contributed by atoms with Crippen LogP contribution in [0.15, 0.2) is 24.3 Å². The van der Waals surface area contributed by atoms with Crippen molar-refractivity contribution in [1.82, 2.24) is 0 Å². The Morgan fingerprint density at radius 3 is 2.19 bits per heavy atom. The van der Waals surface area contributed by atoms with Gasteiger partial charge in [-0.15, -0.1) is 0 Å². The van der Waals surface area contributed by atoms with Gasteiger partial charge in [-0.1, -0.05) is 29.8 Å². The predicted molar refractivity (Wildman–Crippen MR) is 61.7 cm³/mol. The van der Waals surface area contributed by atoms with Crippen LogP contribution in [-0.2, 0) is 16.0 Å². The van der Waals surface area contributed by atoms with Gasteiger partial charge in [0.05, 0.1) is 0 Å². The summed E-state index contributed by atoms with van der Waals surface area (Å²) in [6, 6.07) is 6.94. The van der Waals surface area contributed by atoms with E-state index in [0.29, 0.717) is 10.6 Å². The fraction of sp³-hybridized carbons (Fsp3) is 0.273. The zero-order valence-electron chi connectivity index (χ0n) is 8.87. The minimum absolute atomic E-state index is 0.108. The van der Waals surface area contributed by atoms with Crippen LogP contribution < -0.4 is 11.5 Å². The van der Waals surface area contributed by atoms with Crippen molar-refractivity contribution in [3.8, 4) is 0 Å². The minimum atomic E-state index is -1.41. The number of carbonyl (C=O) groups excluding carboxylic acids is 2. The average molecular weight is 241 g/mol. The molecule has 0 saturated heterocycles. The lowest BCUT2D eigenvalue weighted by molar-refractivity contribution is -0.138. The van der Waals surface area contributed by atoms with Crippen molar-refractivity contribution < 1.29 is 9.59 Å². The summed E-state index contributed by atoms with van der Waals surface area (Å²) in [4.78, 5) is 22.5. The van der Waals surface area contributed by atoms with Crippen LogP contribution in [0.25, 0.3) is 0 Å². The number of nitrogens with two attached hydrogens (primary N) is 2. The standard InChI is InChI=1S/C11H13ClN2O2/c1-11(9(13)15,10(14)16)6-7-4-2-3-5-8(7)12/h2-5H,6H2,1H3,(H2,13,15)(H2,14,16). The van der Waals surface area contributed by atoms with E-state index in [0.717, 1.165) is 0 Å². The molecule has 1 aromatic rings. The molecule has 0 spiro atoms. The topological polar surface area (TPSA) is 86.2 Å². The van der Waals surface area contributed by atoms with Gasteiger partial charge in [-0.3, -0.25) is 9.59 Å². The number of hydrogen-bond acceptors (Lipinski definition) is 2. The maximum atomic E-state index is 11.3. The van der Waals surface area contributed by atoms with E-state index in [4.69, 9.17) is 23.1 Å². The molecule has 1 rings (SSSR count). The highest BCUT2D eigenvalue weighted by molar-refractivity contribution is 6.31. The molecule has 0 bridgehead atoms. The molecule has 0 unspecified atom stereocenters. The van der Waals surface area contributed by atoms with Crippen molar-refractivity contribution in [2.45, 2.75) is 13.3 Å². The van der Waals surface area contributed by atoms with E-state index in [9.17, 15) is 9.59 Å². The average Bonchev–Trinajstić information content (AvgIpc) is 2.20. The first-order valence-electron chi connectivity index (χ1n) is 4.71. The zero-order valence-corrected chi connectivity index (χ0v) is 9.62. The Bertz CT molecular complexity index is 418. The summed E-state index contributed by atoms with van der Waals surface area (Å²) >= 11 is 5.94. The second-order valence-electron chi connectivity index (χ2n) is 3.83. The molecule has 16 heavy (non-hydrogen) atoms. The molecule has 86 valence electrons. The molecule has 2 amide bonds. The zero-order chi connectivity index (χ0) is 12.3. The van der Waals surface area contributed by atoms with Crippen molar-refractivity contribution in [2.75, 3.05) is 0 Å². The van der Waals surface area contributed by atoms with Gasteiger partial charge in [-0.25, -0.2) is 0 Å². The van der Waals surface area contributed by atoms with Gasteiger partial charge in [0, 0.05) is 5.02 Å². The van der Waals surface area contributed by atoms with Crippen LogP contribution >= 0.6 is 11.6 Å². The van der Waals surface area contributed by atoms with Crippen LogP contribution in [0.4, 0.5) is 0 Å². The summed E-state index contributed by atoms with van der Waals surface area (Å²) < 4.78 is 0. The van der Waals surface area contributed by atoms with Gasteiger partial charge < -0.3 is 11.5 Å². The summed E-state index contributed by atoms with van der Waals surface area (Å²) in [7, 11) is 0. The van der Waals surface area contributed by atoms with E-state index in [2.05, 4.69) is 0 Å². The van der Waals surface area contributed by atoms with Crippen molar-refractivity contribution in [1.29, 1.82) is 0 Å². The number of amides is 2. The fourth-order valence-electron chi connectivity index (χ4n) is 1.32. The van der Waals surface area contributed by atoms with E-state index >= 15 is 0 Å². The molecule has 0 heterocycles. The van der Waals surface area contributed by atoms with Crippen LogP contribution in [0.2, 0.25) is 5.02 Å². The second kappa shape index (κ2) is 4.53. The van der Waals surface area contributed by atoms with Crippen LogP contribution in [0.1, 0.15) is 12.5 Å². The summed E-state index contributed by atoms with van der Waals surface area (Å²) in [5, 5.41) is 0.483. The third kappa shape index (κ3) is 2.33. The van der Waals surface area contributed by atoms with Gasteiger partial charge in [0.25, 0.3) is 0 Å². The summed E-state index contributed by atoms with van der Waals surface area (Å²) in [5.41, 5.74) is 9.63. The summed E-state index contributed by atoms with van der Waals surface area (Å²) in [6.45, 7) is 1.42. The quantitative estimate of drug-likeness (QED) is 0.765. The first kappa shape index (κ1) is 12.5. The van der Waals surface area contributed by atoms with Gasteiger partial charge in [-0.2, -0.15) is 0 Å².